The Morgan fingerprint density at radius 1 is 1.00 bits per heavy atom. The number of rotatable bonds is 5. The second-order valence-electron chi connectivity index (χ2n) is 8.72. The van der Waals surface area contributed by atoms with Gasteiger partial charge in [-0.25, -0.2) is 4.79 Å². The second-order valence-corrected chi connectivity index (χ2v) is 9.84. The number of anilines is 2. The van der Waals surface area contributed by atoms with Crippen LogP contribution in [0.4, 0.5) is 11.4 Å². The highest BCUT2D eigenvalue weighted by Gasteiger charge is 2.52. The molecule has 1 aliphatic carbocycles. The predicted molar refractivity (Wildman–Crippen MR) is 129 cm³/mol. The molecule has 1 heterocycles. The molecular formula is C25H24Cl2N2O5. The number of carbonyl (C=O) groups excluding carboxylic acids is 4. The molecule has 0 spiro atoms. The number of fused-ring (bicyclic) bond motifs is 1. The number of aryl methyl sites for hydroxylation is 2. The zero-order valence-electron chi connectivity index (χ0n) is 18.7. The zero-order chi connectivity index (χ0) is 24.6. The van der Waals surface area contributed by atoms with Crippen LogP contribution in [0.5, 0.6) is 0 Å². The van der Waals surface area contributed by atoms with Crippen molar-refractivity contribution in [1.82, 2.24) is 0 Å². The maximum absolute atomic E-state index is 13.0. The summed E-state index contributed by atoms with van der Waals surface area (Å²) in [6.45, 7) is 3.30. The third-order valence-corrected chi connectivity index (χ3v) is 7.35. The Labute approximate surface area is 207 Å². The van der Waals surface area contributed by atoms with Crippen LogP contribution >= 0.6 is 23.2 Å². The summed E-state index contributed by atoms with van der Waals surface area (Å²) in [5, 5.41) is 1.97. The smallest absolute Gasteiger partial charge is 0.338 e. The van der Waals surface area contributed by atoms with E-state index < -0.39 is 30.3 Å². The molecule has 0 bridgehead atoms. The summed E-state index contributed by atoms with van der Waals surface area (Å²) >= 11 is 12.5. The van der Waals surface area contributed by atoms with E-state index in [9.17, 15) is 19.2 Å². The highest BCUT2D eigenvalue weighted by Crippen LogP contribution is 2.43. The van der Waals surface area contributed by atoms with E-state index >= 15 is 0 Å². The Kier molecular flexibility index (Phi) is 6.96. The number of carbonyl (C=O) groups is 4. The Bertz CT molecular complexity index is 1140. The van der Waals surface area contributed by atoms with E-state index in [1.54, 1.807) is 12.1 Å². The van der Waals surface area contributed by atoms with Crippen molar-refractivity contribution in [2.45, 2.75) is 37.4 Å². The predicted octanol–water partition coefficient (Wildman–Crippen LogP) is 4.21. The van der Waals surface area contributed by atoms with Crippen molar-refractivity contribution in [1.29, 1.82) is 0 Å². The van der Waals surface area contributed by atoms with Crippen molar-refractivity contribution in [3.05, 3.63) is 59.2 Å². The van der Waals surface area contributed by atoms with Crippen molar-refractivity contribution in [3.63, 3.8) is 0 Å². The van der Waals surface area contributed by atoms with E-state index in [0.29, 0.717) is 18.5 Å². The van der Waals surface area contributed by atoms with Gasteiger partial charge in [0.25, 0.3) is 5.91 Å². The van der Waals surface area contributed by atoms with E-state index in [-0.39, 0.29) is 33.8 Å². The summed E-state index contributed by atoms with van der Waals surface area (Å²) in [5.74, 6) is -2.94. The van der Waals surface area contributed by atoms with Crippen LogP contribution in [0.1, 0.15) is 34.3 Å². The van der Waals surface area contributed by atoms with Gasteiger partial charge in [-0.1, -0.05) is 18.2 Å². The molecule has 9 heteroatoms. The SMILES string of the molecule is Cc1ccc(C)c(NC(=O)COC(=O)c2cccc(N3C(=O)[C@H]4C[C@H](Cl)[C@@H](Cl)C[C@H]4C3=O)c2)c1. The van der Waals surface area contributed by atoms with E-state index in [1.807, 2.05) is 32.0 Å². The minimum absolute atomic E-state index is 0.123. The minimum Gasteiger partial charge on any atom is -0.452 e. The molecule has 2 aromatic carbocycles. The summed E-state index contributed by atoms with van der Waals surface area (Å²) in [5.41, 5.74) is 2.92. The molecule has 1 saturated carbocycles. The molecule has 2 aliphatic rings. The molecule has 7 nitrogen and oxygen atoms in total. The summed E-state index contributed by atoms with van der Waals surface area (Å²) < 4.78 is 5.15. The molecular weight excluding hydrogens is 479 g/mol. The fourth-order valence-corrected chi connectivity index (χ4v) is 4.98. The minimum atomic E-state index is -0.740. The highest BCUT2D eigenvalue weighted by molar-refractivity contribution is 6.31. The third kappa shape index (κ3) is 4.81. The number of imide groups is 1. The number of ether oxygens (including phenoxy) is 1. The largest absolute Gasteiger partial charge is 0.452 e. The summed E-state index contributed by atoms with van der Waals surface area (Å²) in [6, 6.07) is 11.7. The fraction of sp³-hybridized carbons (Fsp3) is 0.360. The van der Waals surface area contributed by atoms with E-state index in [0.717, 1.165) is 16.0 Å². The molecule has 0 unspecified atom stereocenters. The number of nitrogens with one attached hydrogen (secondary N) is 1. The van der Waals surface area contributed by atoms with Crippen LogP contribution in [-0.2, 0) is 19.1 Å². The molecule has 1 saturated heterocycles. The third-order valence-electron chi connectivity index (χ3n) is 6.25. The normalized spacial score (nSPS) is 24.1. The monoisotopic (exact) mass is 502 g/mol. The summed E-state index contributed by atoms with van der Waals surface area (Å²) in [7, 11) is 0. The van der Waals surface area contributed by atoms with Gasteiger partial charge in [0.2, 0.25) is 11.8 Å². The number of alkyl halides is 2. The standard InChI is InChI=1S/C25H24Cl2N2O5/c1-13-6-7-14(2)21(8-13)28-22(30)12-34-25(33)15-4-3-5-16(9-15)29-23(31)17-10-19(26)20(27)11-18(17)24(29)32/h3-9,17-20H,10-12H2,1-2H3,(H,28,30)/t17-,18+,19-,20-/m0/s1. The van der Waals surface area contributed by atoms with Gasteiger partial charge in [-0.05, 0) is 62.1 Å². The molecule has 1 N–H and O–H groups in total. The van der Waals surface area contributed by atoms with Crippen LogP contribution < -0.4 is 10.2 Å². The average Bonchev–Trinajstić information content (AvgIpc) is 3.04. The quantitative estimate of drug-likeness (QED) is 0.375. The van der Waals surface area contributed by atoms with Crippen molar-refractivity contribution in [3.8, 4) is 0 Å². The molecule has 178 valence electrons. The van der Waals surface area contributed by atoms with Crippen molar-refractivity contribution in [2.75, 3.05) is 16.8 Å². The topological polar surface area (TPSA) is 92.8 Å². The zero-order valence-corrected chi connectivity index (χ0v) is 20.2. The second kappa shape index (κ2) is 9.76. The van der Waals surface area contributed by atoms with Gasteiger partial charge in [-0.3, -0.25) is 19.3 Å². The number of esters is 1. The fourth-order valence-electron chi connectivity index (χ4n) is 4.39. The van der Waals surface area contributed by atoms with Gasteiger partial charge in [0.1, 0.15) is 0 Å². The molecule has 0 radical (unpaired) electrons. The lowest BCUT2D eigenvalue weighted by atomic mass is 9.80. The molecule has 1 aliphatic heterocycles. The van der Waals surface area contributed by atoms with Gasteiger partial charge < -0.3 is 10.1 Å². The Hall–Kier alpha value is -2.90. The summed E-state index contributed by atoms with van der Waals surface area (Å²) in [6.07, 6.45) is 0.664. The summed E-state index contributed by atoms with van der Waals surface area (Å²) in [4.78, 5) is 51.8. The molecule has 4 rings (SSSR count). The number of hydrogen-bond donors (Lipinski definition) is 1. The number of nitrogens with zero attached hydrogens (tertiary/aromatic N) is 1. The number of hydrogen-bond acceptors (Lipinski definition) is 5. The molecule has 4 atom stereocenters. The Balaban J connectivity index is 1.42. The van der Waals surface area contributed by atoms with E-state index in [1.165, 1.54) is 12.1 Å². The van der Waals surface area contributed by atoms with Crippen LogP contribution in [0.25, 0.3) is 0 Å². The first kappa shape index (κ1) is 24.2. The Morgan fingerprint density at radius 3 is 2.29 bits per heavy atom. The van der Waals surface area contributed by atoms with Gasteiger partial charge in [0, 0.05) is 5.69 Å². The van der Waals surface area contributed by atoms with Crippen LogP contribution in [0.3, 0.4) is 0 Å². The van der Waals surface area contributed by atoms with Gasteiger partial charge >= 0.3 is 5.97 Å². The van der Waals surface area contributed by atoms with Crippen LogP contribution in [0.2, 0.25) is 0 Å². The van der Waals surface area contributed by atoms with Gasteiger partial charge in [0.15, 0.2) is 6.61 Å². The lowest BCUT2D eigenvalue weighted by Gasteiger charge is -2.28. The number of amides is 3. The Morgan fingerprint density at radius 2 is 1.65 bits per heavy atom. The first-order valence-electron chi connectivity index (χ1n) is 11.0. The van der Waals surface area contributed by atoms with Gasteiger partial charge in [-0.15, -0.1) is 23.2 Å². The first-order valence-corrected chi connectivity index (χ1v) is 11.8. The van der Waals surface area contributed by atoms with E-state index in [4.69, 9.17) is 27.9 Å². The number of benzene rings is 2. The molecule has 0 aromatic heterocycles. The van der Waals surface area contributed by atoms with Crippen LogP contribution in [-0.4, -0.2) is 41.1 Å². The maximum Gasteiger partial charge on any atom is 0.338 e. The van der Waals surface area contributed by atoms with Crippen LogP contribution in [0, 0.1) is 25.7 Å². The number of halogens is 2. The average molecular weight is 503 g/mol. The highest BCUT2D eigenvalue weighted by atomic mass is 35.5. The van der Waals surface area contributed by atoms with Gasteiger partial charge in [0.05, 0.1) is 33.8 Å². The van der Waals surface area contributed by atoms with Crippen molar-refractivity contribution in [2.24, 2.45) is 11.8 Å². The van der Waals surface area contributed by atoms with Gasteiger partial charge in [-0.2, -0.15) is 0 Å². The molecule has 2 fully saturated rings. The van der Waals surface area contributed by atoms with E-state index in [2.05, 4.69) is 5.32 Å². The van der Waals surface area contributed by atoms with Crippen molar-refractivity contribution >= 4 is 58.3 Å². The lowest BCUT2D eigenvalue weighted by molar-refractivity contribution is -0.122. The molecule has 3 amide bonds. The lowest BCUT2D eigenvalue weighted by Crippen LogP contribution is -2.34. The van der Waals surface area contributed by atoms with Crippen LogP contribution in [0.15, 0.2) is 42.5 Å². The molecule has 2 aromatic rings. The maximum atomic E-state index is 13.0. The van der Waals surface area contributed by atoms with Crippen molar-refractivity contribution < 1.29 is 23.9 Å². The first-order chi connectivity index (χ1) is 16.2. The molecule has 34 heavy (non-hydrogen) atoms.